The zero-order chi connectivity index (χ0) is 14.6. The Balaban J connectivity index is 2.06. The van der Waals surface area contributed by atoms with Crippen molar-refractivity contribution in [2.75, 3.05) is 0 Å². The van der Waals surface area contributed by atoms with Gasteiger partial charge in [0.25, 0.3) is 0 Å². The van der Waals surface area contributed by atoms with Gasteiger partial charge in [-0.25, -0.2) is 4.98 Å². The van der Waals surface area contributed by atoms with Gasteiger partial charge in [0.2, 0.25) is 5.88 Å². The third kappa shape index (κ3) is 4.90. The van der Waals surface area contributed by atoms with Crippen LogP contribution in [-0.4, -0.2) is 15.5 Å². The van der Waals surface area contributed by atoms with Gasteiger partial charge in [-0.05, 0) is 48.8 Å². The van der Waals surface area contributed by atoms with E-state index in [-0.39, 0.29) is 5.54 Å². The van der Waals surface area contributed by atoms with Crippen LogP contribution in [-0.2, 0) is 6.54 Å². The maximum absolute atomic E-state index is 5.70. The molecule has 2 aromatic heterocycles. The summed E-state index contributed by atoms with van der Waals surface area (Å²) in [4.78, 5) is 8.53. The third-order valence-electron chi connectivity index (χ3n) is 2.48. The molecule has 0 saturated heterocycles. The molecular formula is C15H18BrN3O. The van der Waals surface area contributed by atoms with Crippen molar-refractivity contribution in [3.05, 3.63) is 46.8 Å². The minimum Gasteiger partial charge on any atom is -0.437 e. The first-order chi connectivity index (χ1) is 9.42. The SMILES string of the molecule is CC(C)(C)NCc1cccc(Oc2cncc(Br)c2)n1. The lowest BCUT2D eigenvalue weighted by atomic mass is 10.1. The van der Waals surface area contributed by atoms with E-state index in [2.05, 4.69) is 52.0 Å². The van der Waals surface area contributed by atoms with Gasteiger partial charge in [-0.2, -0.15) is 0 Å². The lowest BCUT2D eigenvalue weighted by Gasteiger charge is -2.20. The second-order valence-corrected chi connectivity index (χ2v) is 6.43. The zero-order valence-electron chi connectivity index (χ0n) is 11.9. The van der Waals surface area contributed by atoms with Crippen LogP contribution in [0.3, 0.4) is 0 Å². The van der Waals surface area contributed by atoms with E-state index in [1.165, 1.54) is 0 Å². The highest BCUT2D eigenvalue weighted by atomic mass is 79.9. The molecule has 0 saturated carbocycles. The third-order valence-corrected chi connectivity index (χ3v) is 2.92. The van der Waals surface area contributed by atoms with Gasteiger partial charge in [0.1, 0.15) is 5.75 Å². The predicted octanol–water partition coefficient (Wildman–Crippen LogP) is 3.92. The van der Waals surface area contributed by atoms with Gasteiger partial charge in [0.15, 0.2) is 0 Å². The van der Waals surface area contributed by atoms with E-state index in [0.29, 0.717) is 18.2 Å². The number of hydrogen-bond acceptors (Lipinski definition) is 4. The molecule has 106 valence electrons. The van der Waals surface area contributed by atoms with Gasteiger partial charge in [-0.15, -0.1) is 0 Å². The van der Waals surface area contributed by atoms with Gasteiger partial charge in [0.05, 0.1) is 11.9 Å². The van der Waals surface area contributed by atoms with Crippen molar-refractivity contribution in [3.8, 4) is 11.6 Å². The number of aromatic nitrogens is 2. The molecule has 0 radical (unpaired) electrons. The Bertz CT molecular complexity index is 581. The normalized spacial score (nSPS) is 11.4. The summed E-state index contributed by atoms with van der Waals surface area (Å²) in [6.07, 6.45) is 3.37. The summed E-state index contributed by atoms with van der Waals surface area (Å²) in [5, 5.41) is 3.40. The molecule has 0 amide bonds. The maximum atomic E-state index is 5.70. The number of nitrogens with one attached hydrogen (secondary N) is 1. The molecule has 0 unspecified atom stereocenters. The van der Waals surface area contributed by atoms with Crippen molar-refractivity contribution in [1.29, 1.82) is 0 Å². The highest BCUT2D eigenvalue weighted by molar-refractivity contribution is 9.10. The number of hydrogen-bond donors (Lipinski definition) is 1. The monoisotopic (exact) mass is 335 g/mol. The highest BCUT2D eigenvalue weighted by Gasteiger charge is 2.09. The predicted molar refractivity (Wildman–Crippen MR) is 82.8 cm³/mol. The summed E-state index contributed by atoms with van der Waals surface area (Å²) in [5.74, 6) is 1.23. The molecule has 2 aromatic rings. The number of rotatable bonds is 4. The van der Waals surface area contributed by atoms with Crippen molar-refractivity contribution in [3.63, 3.8) is 0 Å². The van der Waals surface area contributed by atoms with Crippen LogP contribution in [0.4, 0.5) is 0 Å². The fourth-order valence-corrected chi connectivity index (χ4v) is 1.88. The van der Waals surface area contributed by atoms with Crippen molar-refractivity contribution >= 4 is 15.9 Å². The first-order valence-electron chi connectivity index (χ1n) is 6.42. The standard InChI is InChI=1S/C15H18BrN3O/c1-15(2,3)18-9-12-5-4-6-14(19-12)20-13-7-11(16)8-17-10-13/h4-8,10,18H,9H2,1-3H3. The molecule has 2 rings (SSSR count). The number of pyridine rings is 2. The molecule has 0 spiro atoms. The van der Waals surface area contributed by atoms with Gasteiger partial charge >= 0.3 is 0 Å². The Morgan fingerprint density at radius 3 is 2.75 bits per heavy atom. The largest absolute Gasteiger partial charge is 0.437 e. The van der Waals surface area contributed by atoms with E-state index in [1.54, 1.807) is 12.4 Å². The smallest absolute Gasteiger partial charge is 0.219 e. The molecule has 0 aliphatic carbocycles. The van der Waals surface area contributed by atoms with Gasteiger partial charge in [-0.3, -0.25) is 4.98 Å². The summed E-state index contributed by atoms with van der Waals surface area (Å²) < 4.78 is 6.58. The van der Waals surface area contributed by atoms with E-state index in [4.69, 9.17) is 4.74 Å². The molecule has 0 fully saturated rings. The summed E-state index contributed by atoms with van der Waals surface area (Å²) in [7, 11) is 0. The Labute approximate surface area is 127 Å². The van der Waals surface area contributed by atoms with E-state index in [1.807, 2.05) is 24.3 Å². The molecule has 5 heteroatoms. The first-order valence-corrected chi connectivity index (χ1v) is 7.21. The summed E-state index contributed by atoms with van der Waals surface area (Å²) >= 11 is 3.36. The van der Waals surface area contributed by atoms with Gasteiger partial charge in [-0.1, -0.05) is 6.07 Å². The summed E-state index contributed by atoms with van der Waals surface area (Å²) in [6.45, 7) is 7.08. The average Bonchev–Trinajstić information content (AvgIpc) is 2.36. The average molecular weight is 336 g/mol. The molecule has 0 aromatic carbocycles. The maximum Gasteiger partial charge on any atom is 0.219 e. The number of halogens is 1. The summed E-state index contributed by atoms with van der Waals surface area (Å²) in [5.41, 5.74) is 1.01. The second kappa shape index (κ2) is 6.33. The van der Waals surface area contributed by atoms with Crippen LogP contribution in [0.15, 0.2) is 41.1 Å². The van der Waals surface area contributed by atoms with Crippen molar-refractivity contribution in [2.45, 2.75) is 32.9 Å². The molecule has 0 aliphatic rings. The van der Waals surface area contributed by atoms with Crippen LogP contribution in [0.2, 0.25) is 0 Å². The fraction of sp³-hybridized carbons (Fsp3) is 0.333. The Hall–Kier alpha value is -1.46. The van der Waals surface area contributed by atoms with Crippen molar-refractivity contribution < 1.29 is 4.74 Å². The number of nitrogens with zero attached hydrogens (tertiary/aromatic N) is 2. The quantitative estimate of drug-likeness (QED) is 0.919. The lowest BCUT2D eigenvalue weighted by Crippen LogP contribution is -2.35. The van der Waals surface area contributed by atoms with E-state index < -0.39 is 0 Å². The van der Waals surface area contributed by atoms with Gasteiger partial charge < -0.3 is 10.1 Å². The van der Waals surface area contributed by atoms with E-state index in [0.717, 1.165) is 10.2 Å². The molecule has 1 N–H and O–H groups in total. The van der Waals surface area contributed by atoms with Crippen molar-refractivity contribution in [2.24, 2.45) is 0 Å². The topological polar surface area (TPSA) is 47.0 Å². The second-order valence-electron chi connectivity index (χ2n) is 5.51. The molecule has 4 nitrogen and oxygen atoms in total. The molecular weight excluding hydrogens is 318 g/mol. The Morgan fingerprint density at radius 1 is 1.25 bits per heavy atom. The molecule has 0 aliphatic heterocycles. The minimum absolute atomic E-state index is 0.0623. The molecule has 20 heavy (non-hydrogen) atoms. The van der Waals surface area contributed by atoms with E-state index in [9.17, 15) is 0 Å². The van der Waals surface area contributed by atoms with Crippen LogP contribution in [0.5, 0.6) is 11.6 Å². The molecule has 2 heterocycles. The number of ether oxygens (including phenoxy) is 1. The van der Waals surface area contributed by atoms with Gasteiger partial charge in [0, 0.05) is 28.8 Å². The van der Waals surface area contributed by atoms with Crippen LogP contribution < -0.4 is 10.1 Å². The van der Waals surface area contributed by atoms with Crippen LogP contribution >= 0.6 is 15.9 Å². The lowest BCUT2D eigenvalue weighted by molar-refractivity contribution is 0.415. The fourth-order valence-electron chi connectivity index (χ4n) is 1.54. The van der Waals surface area contributed by atoms with Crippen molar-refractivity contribution in [1.82, 2.24) is 15.3 Å². The zero-order valence-corrected chi connectivity index (χ0v) is 13.4. The Morgan fingerprint density at radius 2 is 2.05 bits per heavy atom. The van der Waals surface area contributed by atoms with Crippen LogP contribution in [0.25, 0.3) is 0 Å². The van der Waals surface area contributed by atoms with E-state index >= 15 is 0 Å². The molecule has 0 bridgehead atoms. The molecule has 0 atom stereocenters. The highest BCUT2D eigenvalue weighted by Crippen LogP contribution is 2.21. The Kier molecular flexibility index (Phi) is 4.73. The first kappa shape index (κ1) is 14.9. The minimum atomic E-state index is 0.0623. The van der Waals surface area contributed by atoms with Crippen LogP contribution in [0.1, 0.15) is 26.5 Å². The summed E-state index contributed by atoms with van der Waals surface area (Å²) in [6, 6.07) is 7.61. The van der Waals surface area contributed by atoms with Crippen LogP contribution in [0, 0.1) is 0 Å².